The maximum absolute atomic E-state index is 11.3. The van der Waals surface area contributed by atoms with Crippen LogP contribution in [0.5, 0.6) is 0 Å². The molecule has 1 rings (SSSR count). The molecule has 0 aliphatic rings. The molecule has 2 N–H and O–H groups in total. The van der Waals surface area contributed by atoms with Crippen LogP contribution in [-0.2, 0) is 16.0 Å². The van der Waals surface area contributed by atoms with Crippen LogP contribution in [0.4, 0.5) is 0 Å². The Balaban J connectivity index is 2.52. The Bertz CT molecular complexity index is 350. The zero-order valence-corrected chi connectivity index (χ0v) is 7.96. The minimum absolute atomic E-state index is 0.00931. The van der Waals surface area contributed by atoms with Gasteiger partial charge in [0, 0.05) is 0 Å². The first-order valence-corrected chi connectivity index (χ1v) is 4.34. The maximum atomic E-state index is 11.3. The van der Waals surface area contributed by atoms with Crippen LogP contribution in [0.1, 0.15) is 5.56 Å². The number of aliphatic carboxylic acids is 1. The molecule has 0 aromatic heterocycles. The van der Waals surface area contributed by atoms with E-state index in [0.717, 1.165) is 5.56 Å². The van der Waals surface area contributed by atoms with Crippen molar-refractivity contribution in [2.45, 2.75) is 6.42 Å². The zero-order valence-electron chi connectivity index (χ0n) is 7.96. The van der Waals surface area contributed by atoms with Gasteiger partial charge in [0.1, 0.15) is 6.54 Å². The second kappa shape index (κ2) is 5.11. The summed E-state index contributed by atoms with van der Waals surface area (Å²) in [6.45, 7) is -0.703. The fourth-order valence-electron chi connectivity index (χ4n) is 1.08. The molecule has 1 amide bonds. The molecule has 0 bridgehead atoms. The highest BCUT2D eigenvalue weighted by Crippen LogP contribution is 2.01. The molecular formula is C10H11NO4. The summed E-state index contributed by atoms with van der Waals surface area (Å²) < 4.78 is 0. The van der Waals surface area contributed by atoms with Crippen LogP contribution in [0.3, 0.4) is 0 Å². The van der Waals surface area contributed by atoms with Gasteiger partial charge < -0.3 is 5.11 Å². The molecule has 0 radical (unpaired) electrons. The van der Waals surface area contributed by atoms with Crippen molar-refractivity contribution in [3.05, 3.63) is 35.9 Å². The molecule has 0 aliphatic carbocycles. The number of hydrogen-bond acceptors (Lipinski definition) is 3. The molecule has 0 saturated heterocycles. The predicted octanol–water partition coefficient (Wildman–Crippen LogP) is 0.531. The second-order valence-corrected chi connectivity index (χ2v) is 3.01. The molecule has 0 aliphatic heterocycles. The van der Waals surface area contributed by atoms with E-state index in [1.54, 1.807) is 24.3 Å². The fraction of sp³-hybridized carbons (Fsp3) is 0.200. The zero-order chi connectivity index (χ0) is 11.3. The number of carbonyl (C=O) groups is 2. The number of benzene rings is 1. The Morgan fingerprint density at radius 2 is 1.80 bits per heavy atom. The van der Waals surface area contributed by atoms with Gasteiger partial charge in [-0.05, 0) is 5.56 Å². The van der Waals surface area contributed by atoms with Gasteiger partial charge in [-0.15, -0.1) is 0 Å². The van der Waals surface area contributed by atoms with Crippen LogP contribution < -0.4 is 0 Å². The van der Waals surface area contributed by atoms with E-state index in [2.05, 4.69) is 0 Å². The minimum Gasteiger partial charge on any atom is -0.480 e. The van der Waals surface area contributed by atoms with Gasteiger partial charge in [-0.3, -0.25) is 14.8 Å². The summed E-state index contributed by atoms with van der Waals surface area (Å²) in [6.07, 6.45) is -0.00931. The van der Waals surface area contributed by atoms with E-state index in [0.29, 0.717) is 0 Å². The van der Waals surface area contributed by atoms with Crippen LogP contribution in [0.2, 0.25) is 0 Å². The average Bonchev–Trinajstić information content (AvgIpc) is 2.18. The highest BCUT2D eigenvalue weighted by Gasteiger charge is 2.14. The van der Waals surface area contributed by atoms with Gasteiger partial charge in [0.2, 0.25) is 0 Å². The van der Waals surface area contributed by atoms with Crippen LogP contribution in [0, 0.1) is 0 Å². The molecule has 15 heavy (non-hydrogen) atoms. The number of amides is 1. The molecule has 80 valence electrons. The Morgan fingerprint density at radius 1 is 1.20 bits per heavy atom. The molecule has 1 aromatic rings. The quantitative estimate of drug-likeness (QED) is 0.560. The number of carboxylic acid groups (broad SMARTS) is 1. The highest BCUT2D eigenvalue weighted by atomic mass is 16.5. The minimum atomic E-state index is -1.25. The molecule has 0 saturated carbocycles. The SMILES string of the molecule is O=C(O)CN(O)C(=O)Cc1ccccc1. The number of nitrogens with zero attached hydrogens (tertiary/aromatic N) is 1. The number of carboxylic acids is 1. The van der Waals surface area contributed by atoms with Crippen LogP contribution in [0.25, 0.3) is 0 Å². The lowest BCUT2D eigenvalue weighted by Crippen LogP contribution is -2.33. The van der Waals surface area contributed by atoms with Crippen molar-refractivity contribution in [3.63, 3.8) is 0 Å². The summed E-state index contributed by atoms with van der Waals surface area (Å²) >= 11 is 0. The predicted molar refractivity (Wildman–Crippen MR) is 51.3 cm³/mol. The smallest absolute Gasteiger partial charge is 0.325 e. The Hall–Kier alpha value is -1.88. The van der Waals surface area contributed by atoms with Crippen molar-refractivity contribution in [2.75, 3.05) is 6.54 Å². The van der Waals surface area contributed by atoms with Gasteiger partial charge in [-0.2, -0.15) is 0 Å². The molecule has 0 unspecified atom stereocenters. The van der Waals surface area contributed by atoms with Crippen molar-refractivity contribution in [1.29, 1.82) is 0 Å². The summed E-state index contributed by atoms with van der Waals surface area (Å²) in [6, 6.07) is 8.80. The lowest BCUT2D eigenvalue weighted by atomic mass is 10.1. The first-order chi connectivity index (χ1) is 7.09. The van der Waals surface area contributed by atoms with E-state index in [9.17, 15) is 9.59 Å². The van der Waals surface area contributed by atoms with Crippen LogP contribution in [0.15, 0.2) is 30.3 Å². The lowest BCUT2D eigenvalue weighted by molar-refractivity contribution is -0.172. The van der Waals surface area contributed by atoms with Crippen LogP contribution in [-0.4, -0.2) is 33.8 Å². The lowest BCUT2D eigenvalue weighted by Gasteiger charge is -2.11. The monoisotopic (exact) mass is 209 g/mol. The summed E-state index contributed by atoms with van der Waals surface area (Å²) in [7, 11) is 0. The van der Waals surface area contributed by atoms with Crippen LogP contribution >= 0.6 is 0 Å². The maximum Gasteiger partial charge on any atom is 0.325 e. The van der Waals surface area contributed by atoms with Crippen molar-refractivity contribution in [2.24, 2.45) is 0 Å². The summed E-state index contributed by atoms with van der Waals surface area (Å²) in [5.74, 6) is -1.89. The number of carbonyl (C=O) groups excluding carboxylic acids is 1. The van der Waals surface area contributed by atoms with E-state index >= 15 is 0 Å². The molecule has 0 spiro atoms. The van der Waals surface area contributed by atoms with E-state index < -0.39 is 18.4 Å². The normalized spacial score (nSPS) is 9.67. The summed E-state index contributed by atoms with van der Waals surface area (Å²) in [5, 5.41) is 17.6. The van der Waals surface area contributed by atoms with Gasteiger partial charge >= 0.3 is 5.97 Å². The second-order valence-electron chi connectivity index (χ2n) is 3.01. The van der Waals surface area contributed by atoms with E-state index in [-0.39, 0.29) is 11.5 Å². The number of hydroxylamine groups is 2. The molecule has 5 heteroatoms. The first-order valence-electron chi connectivity index (χ1n) is 4.34. The highest BCUT2D eigenvalue weighted by molar-refractivity contribution is 5.81. The van der Waals surface area contributed by atoms with Crippen molar-refractivity contribution in [1.82, 2.24) is 5.06 Å². The van der Waals surface area contributed by atoms with E-state index in [1.807, 2.05) is 6.07 Å². The number of hydrogen-bond donors (Lipinski definition) is 2. The third-order valence-corrected chi connectivity index (χ3v) is 1.77. The van der Waals surface area contributed by atoms with E-state index in [4.69, 9.17) is 10.3 Å². The molecule has 0 atom stereocenters. The Morgan fingerprint density at radius 3 is 2.33 bits per heavy atom. The number of rotatable bonds is 4. The first kappa shape index (κ1) is 11.2. The molecular weight excluding hydrogens is 198 g/mol. The largest absolute Gasteiger partial charge is 0.480 e. The van der Waals surface area contributed by atoms with Gasteiger partial charge in [0.15, 0.2) is 0 Å². The van der Waals surface area contributed by atoms with Gasteiger partial charge in [-0.25, -0.2) is 5.06 Å². The van der Waals surface area contributed by atoms with Crippen molar-refractivity contribution >= 4 is 11.9 Å². The molecule has 5 nitrogen and oxygen atoms in total. The average molecular weight is 209 g/mol. The summed E-state index contributed by atoms with van der Waals surface area (Å²) in [5.41, 5.74) is 0.729. The van der Waals surface area contributed by atoms with Gasteiger partial charge in [0.05, 0.1) is 6.42 Å². The fourth-order valence-corrected chi connectivity index (χ4v) is 1.08. The van der Waals surface area contributed by atoms with E-state index in [1.165, 1.54) is 0 Å². The van der Waals surface area contributed by atoms with Crippen molar-refractivity contribution in [3.8, 4) is 0 Å². The topological polar surface area (TPSA) is 77.8 Å². The third-order valence-electron chi connectivity index (χ3n) is 1.77. The van der Waals surface area contributed by atoms with Gasteiger partial charge in [-0.1, -0.05) is 30.3 Å². The summed E-state index contributed by atoms with van der Waals surface area (Å²) in [4.78, 5) is 21.5. The molecule has 0 heterocycles. The standard InChI is InChI=1S/C10H11NO4/c12-9(11(15)7-10(13)14)6-8-4-2-1-3-5-8/h1-5,15H,6-7H2,(H,13,14). The Kier molecular flexibility index (Phi) is 3.82. The Labute approximate surface area is 86.5 Å². The van der Waals surface area contributed by atoms with Crippen molar-refractivity contribution < 1.29 is 19.9 Å². The third kappa shape index (κ3) is 3.78. The van der Waals surface area contributed by atoms with Gasteiger partial charge in [0.25, 0.3) is 5.91 Å². The molecule has 0 fully saturated rings. The molecule has 1 aromatic carbocycles.